The van der Waals surface area contributed by atoms with Crippen molar-refractivity contribution >= 4 is 27.2 Å². The maximum atomic E-state index is 11.9. The van der Waals surface area contributed by atoms with Gasteiger partial charge in [0.05, 0.1) is 0 Å². The van der Waals surface area contributed by atoms with Gasteiger partial charge < -0.3 is 0 Å². The molecule has 0 saturated heterocycles. The third-order valence-corrected chi connectivity index (χ3v) is 3.50. The van der Waals surface area contributed by atoms with Crippen molar-refractivity contribution in [3.8, 4) is 0 Å². The van der Waals surface area contributed by atoms with E-state index in [-0.39, 0.29) is 5.78 Å². The van der Waals surface area contributed by atoms with E-state index in [0.29, 0.717) is 6.42 Å². The first kappa shape index (κ1) is 10.4. The second kappa shape index (κ2) is 4.58. The Kier molecular flexibility index (Phi) is 3.17. The SMILES string of the molecule is CCCCC(=O)c1cccc2ccsc12. The van der Waals surface area contributed by atoms with Crippen molar-refractivity contribution in [3.63, 3.8) is 0 Å². The van der Waals surface area contributed by atoms with E-state index in [4.69, 9.17) is 0 Å². The van der Waals surface area contributed by atoms with Crippen LogP contribution in [0.25, 0.3) is 10.1 Å². The average Bonchev–Trinajstić information content (AvgIpc) is 2.73. The predicted octanol–water partition coefficient (Wildman–Crippen LogP) is 4.27. The van der Waals surface area contributed by atoms with Crippen LogP contribution in [0.1, 0.15) is 36.5 Å². The van der Waals surface area contributed by atoms with E-state index in [1.165, 1.54) is 5.39 Å². The minimum absolute atomic E-state index is 0.282. The van der Waals surface area contributed by atoms with Gasteiger partial charge in [0.1, 0.15) is 0 Å². The van der Waals surface area contributed by atoms with Gasteiger partial charge in [0.25, 0.3) is 0 Å². The Morgan fingerprint density at radius 2 is 2.20 bits per heavy atom. The highest BCUT2D eigenvalue weighted by Crippen LogP contribution is 2.25. The van der Waals surface area contributed by atoms with E-state index in [9.17, 15) is 4.79 Å². The molecule has 0 amide bonds. The summed E-state index contributed by atoms with van der Waals surface area (Å²) in [6, 6.07) is 8.03. The Bertz CT molecular complexity index is 470. The van der Waals surface area contributed by atoms with Gasteiger partial charge in [0, 0.05) is 16.7 Å². The lowest BCUT2D eigenvalue weighted by molar-refractivity contribution is 0.0981. The summed E-state index contributed by atoms with van der Waals surface area (Å²) >= 11 is 1.65. The second-order valence-corrected chi connectivity index (χ2v) is 4.59. The first-order chi connectivity index (χ1) is 7.33. The number of unbranched alkanes of at least 4 members (excludes halogenated alkanes) is 1. The van der Waals surface area contributed by atoms with Crippen molar-refractivity contribution in [1.29, 1.82) is 0 Å². The largest absolute Gasteiger partial charge is 0.294 e. The molecule has 0 aliphatic heterocycles. The summed E-state index contributed by atoms with van der Waals surface area (Å²) in [6.07, 6.45) is 2.74. The molecule has 1 nitrogen and oxygen atoms in total. The third kappa shape index (κ3) is 2.10. The fourth-order valence-corrected chi connectivity index (χ4v) is 2.62. The Labute approximate surface area is 93.7 Å². The molecule has 0 fully saturated rings. The second-order valence-electron chi connectivity index (χ2n) is 3.67. The summed E-state index contributed by atoms with van der Waals surface area (Å²) in [5.41, 5.74) is 0.899. The van der Waals surface area contributed by atoms with Crippen molar-refractivity contribution in [3.05, 3.63) is 35.2 Å². The molecule has 78 valence electrons. The Balaban J connectivity index is 2.34. The van der Waals surface area contributed by atoms with Gasteiger partial charge in [0.2, 0.25) is 0 Å². The monoisotopic (exact) mass is 218 g/mol. The van der Waals surface area contributed by atoms with Gasteiger partial charge in [-0.3, -0.25) is 4.79 Å². The van der Waals surface area contributed by atoms with Crippen LogP contribution >= 0.6 is 11.3 Å². The smallest absolute Gasteiger partial charge is 0.164 e. The molecule has 2 aromatic rings. The van der Waals surface area contributed by atoms with Crippen LogP contribution in [-0.4, -0.2) is 5.78 Å². The first-order valence-corrected chi connectivity index (χ1v) is 6.20. The number of carbonyl (C=O) groups is 1. The number of thiophene rings is 1. The number of hydrogen-bond acceptors (Lipinski definition) is 2. The number of carbonyl (C=O) groups excluding carboxylic acids is 1. The zero-order valence-electron chi connectivity index (χ0n) is 8.82. The molecule has 0 unspecified atom stereocenters. The Morgan fingerprint density at radius 1 is 1.33 bits per heavy atom. The van der Waals surface area contributed by atoms with Crippen molar-refractivity contribution < 1.29 is 4.79 Å². The average molecular weight is 218 g/mol. The van der Waals surface area contributed by atoms with Gasteiger partial charge >= 0.3 is 0 Å². The van der Waals surface area contributed by atoms with Crippen LogP contribution in [0.2, 0.25) is 0 Å². The molecule has 15 heavy (non-hydrogen) atoms. The molecule has 1 aromatic heterocycles. The van der Waals surface area contributed by atoms with Crippen molar-refractivity contribution in [2.75, 3.05) is 0 Å². The summed E-state index contributed by atoms with van der Waals surface area (Å²) in [4.78, 5) is 11.9. The minimum atomic E-state index is 0.282. The number of hydrogen-bond donors (Lipinski definition) is 0. The highest BCUT2D eigenvalue weighted by atomic mass is 32.1. The molecule has 0 N–H and O–H groups in total. The van der Waals surface area contributed by atoms with Crippen molar-refractivity contribution in [2.45, 2.75) is 26.2 Å². The number of fused-ring (bicyclic) bond motifs is 1. The van der Waals surface area contributed by atoms with E-state index in [1.807, 2.05) is 17.5 Å². The van der Waals surface area contributed by atoms with Crippen LogP contribution < -0.4 is 0 Å². The standard InChI is InChI=1S/C13H14OS/c1-2-3-7-12(14)11-6-4-5-10-8-9-15-13(10)11/h4-6,8-9H,2-3,7H2,1H3. The van der Waals surface area contributed by atoms with E-state index < -0.39 is 0 Å². The zero-order valence-corrected chi connectivity index (χ0v) is 9.64. The highest BCUT2D eigenvalue weighted by Gasteiger charge is 2.09. The molecule has 0 bridgehead atoms. The molecule has 1 aromatic carbocycles. The quantitative estimate of drug-likeness (QED) is 0.700. The normalized spacial score (nSPS) is 10.7. The molecular weight excluding hydrogens is 204 g/mol. The van der Waals surface area contributed by atoms with Gasteiger partial charge in [-0.25, -0.2) is 0 Å². The fraction of sp³-hybridized carbons (Fsp3) is 0.308. The van der Waals surface area contributed by atoms with Crippen LogP contribution in [0.15, 0.2) is 29.6 Å². The summed E-state index contributed by atoms with van der Waals surface area (Å²) in [5, 5.41) is 3.23. The van der Waals surface area contributed by atoms with Crippen molar-refractivity contribution in [1.82, 2.24) is 0 Å². The molecule has 2 rings (SSSR count). The van der Waals surface area contributed by atoms with E-state index in [1.54, 1.807) is 11.3 Å². The molecule has 0 spiro atoms. The number of ketones is 1. The summed E-state index contributed by atoms with van der Waals surface area (Å²) in [6.45, 7) is 2.11. The zero-order chi connectivity index (χ0) is 10.7. The van der Waals surface area contributed by atoms with Gasteiger partial charge in [-0.2, -0.15) is 0 Å². The van der Waals surface area contributed by atoms with Crippen LogP contribution in [0.4, 0.5) is 0 Å². The molecule has 0 saturated carbocycles. The van der Waals surface area contributed by atoms with Crippen LogP contribution in [0.5, 0.6) is 0 Å². The van der Waals surface area contributed by atoms with Crippen molar-refractivity contribution in [2.24, 2.45) is 0 Å². The minimum Gasteiger partial charge on any atom is -0.294 e. The Morgan fingerprint density at radius 3 is 3.00 bits per heavy atom. The van der Waals surface area contributed by atoms with E-state index >= 15 is 0 Å². The van der Waals surface area contributed by atoms with E-state index in [0.717, 1.165) is 23.1 Å². The predicted molar refractivity (Wildman–Crippen MR) is 65.7 cm³/mol. The molecule has 0 atom stereocenters. The lowest BCUT2D eigenvalue weighted by Crippen LogP contribution is -1.98. The molecular formula is C13H14OS. The highest BCUT2D eigenvalue weighted by molar-refractivity contribution is 7.17. The Hall–Kier alpha value is -1.15. The topological polar surface area (TPSA) is 17.1 Å². The lowest BCUT2D eigenvalue weighted by atomic mass is 10.0. The number of Topliss-reactive ketones (excluding diaryl/α,β-unsaturated/α-hetero) is 1. The van der Waals surface area contributed by atoms with Gasteiger partial charge in [-0.05, 0) is 29.3 Å². The maximum Gasteiger partial charge on any atom is 0.164 e. The van der Waals surface area contributed by atoms with Gasteiger partial charge in [0.15, 0.2) is 5.78 Å². The molecule has 1 heterocycles. The van der Waals surface area contributed by atoms with Gasteiger partial charge in [-0.15, -0.1) is 11.3 Å². The molecule has 2 heteroatoms. The summed E-state index contributed by atoms with van der Waals surface area (Å²) in [5.74, 6) is 0.282. The van der Waals surface area contributed by atoms with Crippen LogP contribution in [-0.2, 0) is 0 Å². The molecule has 0 radical (unpaired) electrons. The third-order valence-electron chi connectivity index (χ3n) is 2.54. The van der Waals surface area contributed by atoms with Crippen LogP contribution in [0, 0.1) is 0 Å². The molecule has 0 aliphatic carbocycles. The summed E-state index contributed by atoms with van der Waals surface area (Å²) < 4.78 is 1.14. The van der Waals surface area contributed by atoms with E-state index in [2.05, 4.69) is 19.1 Å². The number of rotatable bonds is 4. The summed E-state index contributed by atoms with van der Waals surface area (Å²) in [7, 11) is 0. The lowest BCUT2D eigenvalue weighted by Gasteiger charge is -2.01. The molecule has 0 aliphatic rings. The first-order valence-electron chi connectivity index (χ1n) is 5.32. The van der Waals surface area contributed by atoms with Gasteiger partial charge in [-0.1, -0.05) is 25.5 Å². The number of benzene rings is 1. The van der Waals surface area contributed by atoms with Crippen LogP contribution in [0.3, 0.4) is 0 Å². The fourth-order valence-electron chi connectivity index (χ4n) is 1.68. The maximum absolute atomic E-state index is 11.9.